The normalized spacial score (nSPS) is 12.6. The first-order chi connectivity index (χ1) is 30.5. The Morgan fingerprint density at radius 2 is 0.403 bits per heavy atom. The summed E-state index contributed by atoms with van der Waals surface area (Å²) < 4.78 is 11.5. The Morgan fingerprint density at radius 1 is 0.242 bits per heavy atom. The second-order valence-corrected chi connectivity index (χ2v) is 31.0. The summed E-state index contributed by atoms with van der Waals surface area (Å²) in [6, 6.07) is 0. The fourth-order valence-corrected chi connectivity index (χ4v) is 21.7. The molecule has 0 fully saturated rings. The van der Waals surface area contributed by atoms with Gasteiger partial charge in [-0.25, -0.2) is 0 Å². The van der Waals surface area contributed by atoms with Gasteiger partial charge < -0.3 is 0 Å². The minimum absolute atomic E-state index is 0.408. The van der Waals surface area contributed by atoms with E-state index in [0.717, 1.165) is 12.8 Å². The zero-order chi connectivity index (χ0) is 45.3. The summed E-state index contributed by atoms with van der Waals surface area (Å²) in [6.07, 6.45) is 67.3. The molecule has 0 rings (SSSR count). The third-order valence-corrected chi connectivity index (χ3v) is 26.3. The predicted molar refractivity (Wildman–Crippen MR) is 292 cm³/mol. The zero-order valence-electron chi connectivity index (χ0n) is 44.1. The average Bonchev–Trinajstić information content (AvgIpc) is 3.27. The van der Waals surface area contributed by atoms with Crippen LogP contribution >= 0.6 is 14.5 Å². The molecule has 0 unspecified atom stereocenters. The molecule has 0 N–H and O–H groups in total. The molecule has 0 saturated carbocycles. The Kier molecular flexibility index (Phi) is 49.1. The molecule has 0 heterocycles. The van der Waals surface area contributed by atoms with E-state index in [9.17, 15) is 4.79 Å². The van der Waals surface area contributed by atoms with E-state index >= 15 is 0 Å². The summed E-state index contributed by atoms with van der Waals surface area (Å²) in [6.45, 7) is 15.1. The van der Waals surface area contributed by atoms with Gasteiger partial charge in [-0.05, 0) is 0 Å². The van der Waals surface area contributed by atoms with E-state index < -0.39 is 20.7 Å². The summed E-state index contributed by atoms with van der Waals surface area (Å²) in [4.78, 5) is 12.8. The molecule has 0 aliphatic rings. The molecule has 0 aliphatic heterocycles. The van der Waals surface area contributed by atoms with Crippen molar-refractivity contribution in [3.8, 4) is 0 Å². The van der Waals surface area contributed by atoms with Gasteiger partial charge in [-0.1, -0.05) is 0 Å². The first-order valence-electron chi connectivity index (χ1n) is 29.3. The summed E-state index contributed by atoms with van der Waals surface area (Å²) in [5.41, 5.74) is 0. The van der Waals surface area contributed by atoms with Crippen LogP contribution in [0.5, 0.6) is 0 Å². The molecule has 0 spiro atoms. The predicted octanol–water partition coefficient (Wildman–Crippen LogP) is 20.4. The summed E-state index contributed by atoms with van der Waals surface area (Å²) in [5.74, 6) is 0. The second kappa shape index (κ2) is 49.0. The van der Waals surface area contributed by atoms with Gasteiger partial charge >= 0.3 is 396 Å². The Morgan fingerprint density at radius 3 is 0.597 bits per heavy atom. The van der Waals surface area contributed by atoms with Crippen LogP contribution in [0.2, 0.25) is 0 Å². The van der Waals surface area contributed by atoms with Crippen molar-refractivity contribution in [3.63, 3.8) is 0 Å². The van der Waals surface area contributed by atoms with Gasteiger partial charge in [0.1, 0.15) is 0 Å². The van der Waals surface area contributed by atoms with Crippen LogP contribution in [0, 0.1) is 0 Å². The SMILES string of the molecule is CCCCCCCC[PH](CCCCCCCC)(CCCCCCCC)CCCCOC(=O)OCCCC[PH](CCCCCCCC)(CCCCCCCC)CCCCCCCC. The molecule has 376 valence electrons. The Hall–Kier alpha value is 0.130. The molecule has 62 heavy (non-hydrogen) atoms. The minimum atomic E-state index is -1.34. The standard InChI is InChI=1S/C57H120O3P2/c1-7-13-19-25-31-39-49-61(50-40-32-26-20-14-8-2,51-41-33-27-21-15-9-3)55-45-37-47-59-57(58)60-48-38-46-56-62(52-42-34-28-22-16-10-4,53-43-35-29-23-17-11-5)54-44-36-30-24-18-12-6/h61-62H,7-56H2,1-6H3. The molecule has 0 radical (unpaired) electrons. The molecule has 0 aromatic carbocycles. The third kappa shape index (κ3) is 40.4. The molecule has 0 bridgehead atoms. The van der Waals surface area contributed by atoms with E-state index in [0.29, 0.717) is 13.2 Å². The van der Waals surface area contributed by atoms with Crippen LogP contribution in [0.1, 0.15) is 298 Å². The van der Waals surface area contributed by atoms with Crippen LogP contribution < -0.4 is 0 Å². The number of carbonyl (C=O) groups is 1. The topological polar surface area (TPSA) is 35.5 Å². The summed E-state index contributed by atoms with van der Waals surface area (Å²) in [7, 11) is -2.68. The van der Waals surface area contributed by atoms with Gasteiger partial charge in [-0.2, -0.15) is 0 Å². The van der Waals surface area contributed by atoms with Crippen LogP contribution in [-0.4, -0.2) is 68.7 Å². The fourth-order valence-electron chi connectivity index (χ4n) is 10.7. The van der Waals surface area contributed by atoms with Crippen molar-refractivity contribution in [2.45, 2.75) is 298 Å². The summed E-state index contributed by atoms with van der Waals surface area (Å²) >= 11 is 0. The molecule has 3 nitrogen and oxygen atoms in total. The van der Waals surface area contributed by atoms with Crippen molar-refractivity contribution in [1.82, 2.24) is 0 Å². The molecule has 0 aliphatic carbocycles. The Labute approximate surface area is 394 Å². The maximum atomic E-state index is 12.8. The molecule has 0 aromatic heterocycles. The quantitative estimate of drug-likeness (QED) is 0.0346. The molecular weight excluding hydrogens is 795 g/mol. The number of carbonyl (C=O) groups excluding carboxylic acids is 1. The van der Waals surface area contributed by atoms with Crippen molar-refractivity contribution in [3.05, 3.63) is 0 Å². The van der Waals surface area contributed by atoms with Crippen molar-refractivity contribution >= 4 is 20.7 Å². The maximum absolute atomic E-state index is 12.8. The van der Waals surface area contributed by atoms with Crippen LogP contribution in [-0.2, 0) is 9.47 Å². The molecule has 0 aromatic rings. The fraction of sp³-hybridized carbons (Fsp3) is 0.982. The van der Waals surface area contributed by atoms with Gasteiger partial charge in [0.2, 0.25) is 0 Å². The van der Waals surface area contributed by atoms with Gasteiger partial charge in [0.15, 0.2) is 0 Å². The number of rotatable bonds is 52. The van der Waals surface area contributed by atoms with Gasteiger partial charge in [0.25, 0.3) is 0 Å². The number of hydrogen-bond acceptors (Lipinski definition) is 3. The second-order valence-electron chi connectivity index (χ2n) is 21.0. The number of hydrogen-bond donors (Lipinski definition) is 0. The Balaban J connectivity index is 5.21. The first kappa shape index (κ1) is 62.1. The van der Waals surface area contributed by atoms with Crippen LogP contribution in [0.3, 0.4) is 0 Å². The Bertz CT molecular complexity index is 730. The van der Waals surface area contributed by atoms with E-state index in [1.807, 2.05) is 0 Å². The molecule has 0 atom stereocenters. The van der Waals surface area contributed by atoms with Gasteiger partial charge in [-0.15, -0.1) is 0 Å². The van der Waals surface area contributed by atoms with Crippen molar-refractivity contribution in [2.24, 2.45) is 0 Å². The average molecular weight is 916 g/mol. The molecule has 0 amide bonds. The van der Waals surface area contributed by atoms with E-state index in [-0.39, 0.29) is 0 Å². The molecule has 5 heteroatoms. The first-order valence-corrected chi connectivity index (χ1v) is 34.9. The van der Waals surface area contributed by atoms with Crippen molar-refractivity contribution in [1.29, 1.82) is 0 Å². The summed E-state index contributed by atoms with van der Waals surface area (Å²) in [5, 5.41) is 0. The van der Waals surface area contributed by atoms with Gasteiger partial charge in [0.05, 0.1) is 0 Å². The van der Waals surface area contributed by atoms with E-state index in [1.54, 1.807) is 37.0 Å². The van der Waals surface area contributed by atoms with Crippen LogP contribution in [0.15, 0.2) is 0 Å². The number of unbranched alkanes of at least 4 members (excludes halogenated alkanes) is 32. The van der Waals surface area contributed by atoms with E-state index in [4.69, 9.17) is 9.47 Å². The van der Waals surface area contributed by atoms with Gasteiger partial charge in [0, 0.05) is 0 Å². The zero-order valence-corrected chi connectivity index (χ0v) is 46.1. The number of ether oxygens (including phenoxy) is 2. The van der Waals surface area contributed by atoms with Crippen LogP contribution in [0.25, 0.3) is 0 Å². The van der Waals surface area contributed by atoms with E-state index in [2.05, 4.69) is 41.5 Å². The van der Waals surface area contributed by atoms with Crippen molar-refractivity contribution < 1.29 is 14.3 Å². The third-order valence-electron chi connectivity index (χ3n) is 15.0. The van der Waals surface area contributed by atoms with Crippen LogP contribution in [0.4, 0.5) is 4.79 Å². The monoisotopic (exact) mass is 915 g/mol. The molecular formula is C57H120O3P2. The van der Waals surface area contributed by atoms with E-state index in [1.165, 1.54) is 256 Å². The molecule has 0 saturated heterocycles. The van der Waals surface area contributed by atoms with Crippen molar-refractivity contribution in [2.75, 3.05) is 62.5 Å². The van der Waals surface area contributed by atoms with Gasteiger partial charge in [-0.3, -0.25) is 0 Å².